The summed E-state index contributed by atoms with van der Waals surface area (Å²) < 4.78 is 0. The highest BCUT2D eigenvalue weighted by molar-refractivity contribution is 6.12. The summed E-state index contributed by atoms with van der Waals surface area (Å²) in [5.41, 5.74) is 23.7. The zero-order chi connectivity index (χ0) is 55.4. The van der Waals surface area contributed by atoms with Gasteiger partial charge in [-0.25, -0.2) is 0 Å². The fourth-order valence-electron chi connectivity index (χ4n) is 11.0. The van der Waals surface area contributed by atoms with Gasteiger partial charge in [-0.1, -0.05) is 302 Å². The molecule has 0 atom stereocenters. The number of benzene rings is 12. The zero-order valence-corrected chi connectivity index (χ0v) is 45.4. The van der Waals surface area contributed by atoms with E-state index in [4.69, 9.17) is 0 Å². The summed E-state index contributed by atoms with van der Waals surface area (Å²) in [5, 5.41) is 0. The Labute approximate surface area is 474 Å². The molecule has 81 heavy (non-hydrogen) atoms. The summed E-state index contributed by atoms with van der Waals surface area (Å²) in [6.07, 6.45) is 0. The number of hydrogen-bond donors (Lipinski definition) is 0. The number of carbonyl (C=O) groups is 3. The van der Waals surface area contributed by atoms with Crippen molar-refractivity contribution in [3.05, 3.63) is 335 Å². The molecule has 3 heteroatoms. The quantitative estimate of drug-likeness (QED) is 0.102. The Hall–Kier alpha value is -10.4. The van der Waals surface area contributed by atoms with Crippen LogP contribution in [0.4, 0.5) is 0 Å². The Bertz CT molecular complexity index is 4240. The van der Waals surface area contributed by atoms with Gasteiger partial charge in [-0.2, -0.15) is 0 Å². The topological polar surface area (TPSA) is 51.2 Å². The molecule has 0 saturated heterocycles. The molecule has 0 heterocycles. The lowest BCUT2D eigenvalue weighted by atomic mass is 9.81. The summed E-state index contributed by atoms with van der Waals surface area (Å²) in [4.78, 5) is 41.3. The summed E-state index contributed by atoms with van der Waals surface area (Å²) in [6, 6.07) is 96.6. The third-order valence-electron chi connectivity index (χ3n) is 15.4. The van der Waals surface area contributed by atoms with Gasteiger partial charge < -0.3 is 0 Å². The smallest absolute Gasteiger partial charge is 0.193 e. The normalized spacial score (nSPS) is 11.0. The standard InChI is InChI=1S/C78H56O3/c1-51-19-25-62(26-20-51)76(79)65-41-31-55(32-42-65)69-48-47-68(54-13-7-4-8-14-54)74(72(69)58-15-9-5-10-16-58)60-37-39-61(40-38-60)75-71(57-35-45-67(46-36-57)78(81)64-29-23-53(3)24-30-64)50-49-70(73(75)59-17-11-6-12-18-59)56-33-43-66(44-34-56)77(80)63-27-21-52(2)22-28-63/h4-50H,1-3H3. The lowest BCUT2D eigenvalue weighted by molar-refractivity contribution is 0.103. The second-order valence-corrected chi connectivity index (χ2v) is 20.8. The van der Waals surface area contributed by atoms with Crippen LogP contribution in [0.3, 0.4) is 0 Å². The van der Waals surface area contributed by atoms with Crippen molar-refractivity contribution in [3.8, 4) is 89.0 Å². The van der Waals surface area contributed by atoms with Crippen LogP contribution in [0.5, 0.6) is 0 Å². The predicted molar refractivity (Wildman–Crippen MR) is 334 cm³/mol. The van der Waals surface area contributed by atoms with Crippen molar-refractivity contribution in [1.29, 1.82) is 0 Å². The molecule has 12 aromatic carbocycles. The third-order valence-corrected chi connectivity index (χ3v) is 15.4. The molecule has 386 valence electrons. The molecule has 0 aliphatic rings. The minimum absolute atomic E-state index is 0.0114. The van der Waals surface area contributed by atoms with Gasteiger partial charge in [0, 0.05) is 33.4 Å². The number of ketones is 3. The van der Waals surface area contributed by atoms with Crippen molar-refractivity contribution in [2.75, 3.05) is 0 Å². The van der Waals surface area contributed by atoms with Crippen molar-refractivity contribution in [1.82, 2.24) is 0 Å². The van der Waals surface area contributed by atoms with Crippen LogP contribution in [0.15, 0.2) is 285 Å². The monoisotopic (exact) mass is 1040 g/mol. The van der Waals surface area contributed by atoms with Crippen LogP contribution in [0.25, 0.3) is 89.0 Å². The summed E-state index contributed by atoms with van der Waals surface area (Å²) in [7, 11) is 0. The van der Waals surface area contributed by atoms with Gasteiger partial charge in [-0.3, -0.25) is 14.4 Å². The van der Waals surface area contributed by atoms with Crippen LogP contribution < -0.4 is 0 Å². The Kier molecular flexibility index (Phi) is 14.3. The number of aryl methyl sites for hydroxylation is 3. The van der Waals surface area contributed by atoms with E-state index in [0.717, 1.165) is 106 Å². The van der Waals surface area contributed by atoms with E-state index in [1.807, 2.05) is 136 Å². The van der Waals surface area contributed by atoms with Crippen molar-refractivity contribution in [2.45, 2.75) is 20.8 Å². The Morgan fingerprint density at radius 3 is 0.593 bits per heavy atom. The minimum atomic E-state index is -0.0268. The molecule has 12 rings (SSSR count). The van der Waals surface area contributed by atoms with E-state index in [0.29, 0.717) is 33.4 Å². The van der Waals surface area contributed by atoms with Gasteiger partial charge in [0.15, 0.2) is 17.3 Å². The minimum Gasteiger partial charge on any atom is -0.289 e. The first-order chi connectivity index (χ1) is 39.6. The maximum atomic E-state index is 13.8. The maximum Gasteiger partial charge on any atom is 0.193 e. The van der Waals surface area contributed by atoms with Gasteiger partial charge in [0.05, 0.1) is 0 Å². The van der Waals surface area contributed by atoms with E-state index in [1.165, 1.54) is 0 Å². The van der Waals surface area contributed by atoms with Crippen molar-refractivity contribution in [3.63, 3.8) is 0 Å². The van der Waals surface area contributed by atoms with Crippen molar-refractivity contribution in [2.24, 2.45) is 0 Å². The fraction of sp³-hybridized carbons (Fsp3) is 0.0385. The molecular weight excluding hydrogens is 985 g/mol. The van der Waals surface area contributed by atoms with Gasteiger partial charge in [0.25, 0.3) is 0 Å². The van der Waals surface area contributed by atoms with Crippen molar-refractivity contribution < 1.29 is 14.4 Å². The molecule has 0 aliphatic heterocycles. The predicted octanol–water partition coefficient (Wildman–Crippen LogP) is 19.6. The number of hydrogen-bond acceptors (Lipinski definition) is 3. The molecule has 0 saturated carbocycles. The first kappa shape index (κ1) is 51.4. The molecule has 3 nitrogen and oxygen atoms in total. The second kappa shape index (κ2) is 22.6. The van der Waals surface area contributed by atoms with Crippen LogP contribution in [0.2, 0.25) is 0 Å². The first-order valence-electron chi connectivity index (χ1n) is 27.4. The van der Waals surface area contributed by atoms with E-state index in [9.17, 15) is 14.4 Å². The van der Waals surface area contributed by atoms with Gasteiger partial charge >= 0.3 is 0 Å². The molecular formula is C78H56O3. The first-order valence-corrected chi connectivity index (χ1v) is 27.4. The highest BCUT2D eigenvalue weighted by Gasteiger charge is 2.24. The van der Waals surface area contributed by atoms with Crippen LogP contribution in [0.1, 0.15) is 64.5 Å². The summed E-state index contributed by atoms with van der Waals surface area (Å²) in [5.74, 6) is -0.0615. The molecule has 0 spiro atoms. The summed E-state index contributed by atoms with van der Waals surface area (Å²) in [6.45, 7) is 6.07. The van der Waals surface area contributed by atoms with Gasteiger partial charge in [0.1, 0.15) is 0 Å². The van der Waals surface area contributed by atoms with Crippen LogP contribution >= 0.6 is 0 Å². The molecule has 0 aliphatic carbocycles. The Morgan fingerprint density at radius 2 is 0.358 bits per heavy atom. The van der Waals surface area contributed by atoms with Crippen LogP contribution in [-0.4, -0.2) is 17.3 Å². The fourth-order valence-corrected chi connectivity index (χ4v) is 11.0. The lowest BCUT2D eigenvalue weighted by Gasteiger charge is -2.23. The summed E-state index contributed by atoms with van der Waals surface area (Å²) >= 11 is 0. The van der Waals surface area contributed by atoms with Gasteiger partial charge in [-0.15, -0.1) is 0 Å². The van der Waals surface area contributed by atoms with E-state index in [1.54, 1.807) is 0 Å². The molecule has 0 unspecified atom stereocenters. The number of carbonyl (C=O) groups excluding carboxylic acids is 3. The van der Waals surface area contributed by atoms with Crippen LogP contribution in [0, 0.1) is 20.8 Å². The Balaban J connectivity index is 1.03. The average Bonchev–Trinajstić information content (AvgIpc) is 3.72. The zero-order valence-electron chi connectivity index (χ0n) is 45.4. The lowest BCUT2D eigenvalue weighted by Crippen LogP contribution is -2.01. The van der Waals surface area contributed by atoms with Gasteiger partial charge in [0.2, 0.25) is 0 Å². The molecule has 0 amide bonds. The molecule has 0 aromatic heterocycles. The number of rotatable bonds is 14. The SMILES string of the molecule is Cc1ccc(C(=O)c2ccc(-c3ccc(-c4ccccc4)c(-c4ccc(-c5c(-c6ccc(C(=O)c7ccc(C)cc7)cc6)ccc(-c6ccc(C(=O)c7ccc(C)cc7)cc6)c5-c5ccccc5)cc4)c3-c3ccccc3)cc2)cc1. The van der Waals surface area contributed by atoms with Crippen molar-refractivity contribution >= 4 is 17.3 Å². The highest BCUT2D eigenvalue weighted by atomic mass is 16.1. The maximum absolute atomic E-state index is 13.8. The van der Waals surface area contributed by atoms with E-state index in [-0.39, 0.29) is 17.3 Å². The molecule has 0 fully saturated rings. The molecule has 0 N–H and O–H groups in total. The largest absolute Gasteiger partial charge is 0.289 e. The highest BCUT2D eigenvalue weighted by Crippen LogP contribution is 2.49. The van der Waals surface area contributed by atoms with E-state index in [2.05, 4.69) is 170 Å². The molecule has 0 radical (unpaired) electrons. The molecule has 12 aromatic rings. The second-order valence-electron chi connectivity index (χ2n) is 20.8. The van der Waals surface area contributed by atoms with E-state index < -0.39 is 0 Å². The van der Waals surface area contributed by atoms with E-state index >= 15 is 0 Å². The van der Waals surface area contributed by atoms with Gasteiger partial charge in [-0.05, 0) is 110 Å². The van der Waals surface area contributed by atoms with Crippen LogP contribution in [-0.2, 0) is 0 Å². The Morgan fingerprint density at radius 1 is 0.185 bits per heavy atom. The molecule has 0 bridgehead atoms. The average molecular weight is 1040 g/mol. The third kappa shape index (κ3) is 10.6.